The second-order valence-corrected chi connectivity index (χ2v) is 6.51. The summed E-state index contributed by atoms with van der Waals surface area (Å²) >= 11 is 0. The summed E-state index contributed by atoms with van der Waals surface area (Å²) in [5.41, 5.74) is 0. The van der Waals surface area contributed by atoms with Gasteiger partial charge in [-0.1, -0.05) is 0 Å². The van der Waals surface area contributed by atoms with E-state index in [-0.39, 0.29) is 23.3 Å². The van der Waals surface area contributed by atoms with E-state index in [9.17, 15) is 13.5 Å². The van der Waals surface area contributed by atoms with Crippen LogP contribution in [-0.2, 0) is 14.6 Å². The molecule has 3 atom stereocenters. The van der Waals surface area contributed by atoms with Gasteiger partial charge in [-0.3, -0.25) is 0 Å². The molecule has 82 valence electrons. The van der Waals surface area contributed by atoms with E-state index in [0.717, 1.165) is 6.42 Å². The van der Waals surface area contributed by atoms with Gasteiger partial charge in [0.25, 0.3) is 0 Å². The standard InChI is InChI=1S/C9H16O4S/c10-9(7-1-3-13-5-7)8-2-4-14(11,12)6-8/h7-10H,1-6H2. The smallest absolute Gasteiger partial charge is 0.150 e. The number of hydrogen-bond donors (Lipinski definition) is 1. The van der Waals surface area contributed by atoms with Crippen molar-refractivity contribution in [3.05, 3.63) is 0 Å². The lowest BCUT2D eigenvalue weighted by molar-refractivity contribution is 0.0519. The van der Waals surface area contributed by atoms with Crippen molar-refractivity contribution in [1.82, 2.24) is 0 Å². The maximum Gasteiger partial charge on any atom is 0.150 e. The van der Waals surface area contributed by atoms with Crippen LogP contribution in [0.3, 0.4) is 0 Å². The fourth-order valence-corrected chi connectivity index (χ4v) is 4.14. The molecule has 14 heavy (non-hydrogen) atoms. The molecule has 3 unspecified atom stereocenters. The molecular weight excluding hydrogens is 204 g/mol. The second kappa shape index (κ2) is 3.79. The van der Waals surface area contributed by atoms with Gasteiger partial charge in [-0.2, -0.15) is 0 Å². The van der Waals surface area contributed by atoms with Gasteiger partial charge >= 0.3 is 0 Å². The number of aliphatic hydroxyl groups excluding tert-OH is 1. The molecule has 2 saturated heterocycles. The first-order valence-electron chi connectivity index (χ1n) is 5.05. The Morgan fingerprint density at radius 3 is 2.57 bits per heavy atom. The van der Waals surface area contributed by atoms with Gasteiger partial charge in [0.2, 0.25) is 0 Å². The highest BCUT2D eigenvalue weighted by Crippen LogP contribution is 2.29. The summed E-state index contributed by atoms with van der Waals surface area (Å²) in [5.74, 6) is 0.479. The summed E-state index contributed by atoms with van der Waals surface area (Å²) in [6.45, 7) is 1.28. The van der Waals surface area contributed by atoms with Crippen LogP contribution >= 0.6 is 0 Å². The molecule has 0 aliphatic carbocycles. The van der Waals surface area contributed by atoms with E-state index in [1.807, 2.05) is 0 Å². The van der Waals surface area contributed by atoms with Crippen LogP contribution in [0.2, 0.25) is 0 Å². The second-order valence-electron chi connectivity index (χ2n) is 4.28. The van der Waals surface area contributed by atoms with E-state index in [1.165, 1.54) is 0 Å². The first kappa shape index (κ1) is 10.4. The van der Waals surface area contributed by atoms with Gasteiger partial charge in [0.1, 0.15) is 0 Å². The van der Waals surface area contributed by atoms with Crippen LogP contribution in [0.1, 0.15) is 12.8 Å². The van der Waals surface area contributed by atoms with Gasteiger partial charge in [-0.25, -0.2) is 8.42 Å². The molecule has 2 aliphatic rings. The lowest BCUT2D eigenvalue weighted by atomic mass is 9.90. The van der Waals surface area contributed by atoms with Crippen molar-refractivity contribution in [2.75, 3.05) is 24.7 Å². The molecule has 2 aliphatic heterocycles. The Morgan fingerprint density at radius 2 is 2.07 bits per heavy atom. The molecule has 2 heterocycles. The number of rotatable bonds is 2. The van der Waals surface area contributed by atoms with Gasteiger partial charge in [-0.05, 0) is 12.8 Å². The fraction of sp³-hybridized carbons (Fsp3) is 1.00. The molecule has 5 heteroatoms. The zero-order valence-electron chi connectivity index (χ0n) is 8.05. The predicted octanol–water partition coefficient (Wildman–Crippen LogP) is -0.181. The lowest BCUT2D eigenvalue weighted by Crippen LogP contribution is -2.30. The summed E-state index contributed by atoms with van der Waals surface area (Å²) in [7, 11) is -2.87. The molecule has 0 spiro atoms. The molecule has 0 aromatic rings. The molecule has 0 bridgehead atoms. The average Bonchev–Trinajstić information content (AvgIpc) is 2.72. The minimum absolute atomic E-state index is 0.0632. The average molecular weight is 220 g/mol. The van der Waals surface area contributed by atoms with Gasteiger partial charge in [-0.15, -0.1) is 0 Å². The van der Waals surface area contributed by atoms with Crippen molar-refractivity contribution in [2.24, 2.45) is 11.8 Å². The van der Waals surface area contributed by atoms with E-state index in [1.54, 1.807) is 0 Å². The summed E-state index contributed by atoms with van der Waals surface area (Å²) in [4.78, 5) is 0. The Kier molecular flexibility index (Phi) is 2.81. The number of hydrogen-bond acceptors (Lipinski definition) is 4. The van der Waals surface area contributed by atoms with Crippen LogP contribution in [-0.4, -0.2) is 44.3 Å². The summed E-state index contributed by atoms with van der Waals surface area (Å²) in [6.07, 6.45) is 0.979. The molecule has 0 aromatic carbocycles. The molecule has 0 aromatic heterocycles. The van der Waals surface area contributed by atoms with E-state index in [0.29, 0.717) is 19.6 Å². The highest BCUT2D eigenvalue weighted by Gasteiger charge is 2.37. The van der Waals surface area contributed by atoms with Gasteiger partial charge < -0.3 is 9.84 Å². The monoisotopic (exact) mass is 220 g/mol. The Balaban J connectivity index is 1.95. The Hall–Kier alpha value is -0.130. The Morgan fingerprint density at radius 1 is 1.29 bits per heavy atom. The zero-order valence-corrected chi connectivity index (χ0v) is 8.87. The summed E-state index contributed by atoms with van der Waals surface area (Å²) in [6, 6.07) is 0. The molecule has 0 amide bonds. The normalized spacial score (nSPS) is 38.6. The summed E-state index contributed by atoms with van der Waals surface area (Å²) < 4.78 is 27.6. The maximum absolute atomic E-state index is 11.2. The summed E-state index contributed by atoms with van der Waals surface area (Å²) in [5, 5.41) is 9.94. The van der Waals surface area contributed by atoms with Crippen LogP contribution < -0.4 is 0 Å². The third kappa shape index (κ3) is 2.10. The minimum atomic E-state index is -2.87. The van der Waals surface area contributed by atoms with E-state index < -0.39 is 15.9 Å². The van der Waals surface area contributed by atoms with Crippen LogP contribution in [0.4, 0.5) is 0 Å². The first-order valence-corrected chi connectivity index (χ1v) is 6.87. The topological polar surface area (TPSA) is 63.6 Å². The van der Waals surface area contributed by atoms with E-state index in [2.05, 4.69) is 0 Å². The zero-order chi connectivity index (χ0) is 10.2. The third-order valence-electron chi connectivity index (χ3n) is 3.20. The molecule has 0 radical (unpaired) electrons. The molecule has 0 saturated carbocycles. The molecule has 2 rings (SSSR count). The van der Waals surface area contributed by atoms with Crippen LogP contribution in [0.25, 0.3) is 0 Å². The van der Waals surface area contributed by atoms with Gasteiger partial charge in [0, 0.05) is 18.4 Å². The van der Waals surface area contributed by atoms with Gasteiger partial charge in [0.15, 0.2) is 9.84 Å². The van der Waals surface area contributed by atoms with Crippen LogP contribution in [0.5, 0.6) is 0 Å². The van der Waals surface area contributed by atoms with E-state index in [4.69, 9.17) is 4.74 Å². The van der Waals surface area contributed by atoms with Gasteiger partial charge in [0.05, 0.1) is 24.2 Å². The van der Waals surface area contributed by atoms with Crippen molar-refractivity contribution in [3.63, 3.8) is 0 Å². The maximum atomic E-state index is 11.2. The largest absolute Gasteiger partial charge is 0.392 e. The highest BCUT2D eigenvalue weighted by molar-refractivity contribution is 7.91. The first-order chi connectivity index (χ1) is 6.58. The SMILES string of the molecule is O=S1(=O)CCC(C(O)C2CCOC2)C1. The molecule has 1 N–H and O–H groups in total. The van der Waals surface area contributed by atoms with Crippen LogP contribution in [0, 0.1) is 11.8 Å². The van der Waals surface area contributed by atoms with Crippen molar-refractivity contribution in [2.45, 2.75) is 18.9 Å². The number of sulfone groups is 1. The fourth-order valence-electron chi connectivity index (χ4n) is 2.30. The Labute approximate surface area is 84.2 Å². The Bertz CT molecular complexity index is 292. The number of aliphatic hydroxyl groups is 1. The highest BCUT2D eigenvalue weighted by atomic mass is 32.2. The quantitative estimate of drug-likeness (QED) is 0.701. The lowest BCUT2D eigenvalue weighted by Gasteiger charge is -2.21. The van der Waals surface area contributed by atoms with Crippen molar-refractivity contribution < 1.29 is 18.3 Å². The predicted molar refractivity (Wildman–Crippen MR) is 51.7 cm³/mol. The van der Waals surface area contributed by atoms with E-state index >= 15 is 0 Å². The van der Waals surface area contributed by atoms with Crippen molar-refractivity contribution in [1.29, 1.82) is 0 Å². The number of ether oxygens (including phenoxy) is 1. The third-order valence-corrected chi connectivity index (χ3v) is 4.99. The molecular formula is C9H16O4S. The molecule has 2 fully saturated rings. The van der Waals surface area contributed by atoms with Crippen molar-refractivity contribution in [3.8, 4) is 0 Å². The minimum Gasteiger partial charge on any atom is -0.392 e. The van der Waals surface area contributed by atoms with Crippen LogP contribution in [0.15, 0.2) is 0 Å². The molecule has 4 nitrogen and oxygen atoms in total. The van der Waals surface area contributed by atoms with Crippen molar-refractivity contribution >= 4 is 9.84 Å².